The summed E-state index contributed by atoms with van der Waals surface area (Å²) >= 11 is 12.3. The molecule has 1 amide bonds. The van der Waals surface area contributed by atoms with Gasteiger partial charge in [-0.05, 0) is 36.8 Å². The zero-order valence-electron chi connectivity index (χ0n) is 14.8. The number of carbonyl (C=O) groups excluding carboxylic acids is 1. The van der Waals surface area contributed by atoms with Crippen molar-refractivity contribution in [2.24, 2.45) is 0 Å². The van der Waals surface area contributed by atoms with E-state index in [1.54, 1.807) is 18.2 Å². The van der Waals surface area contributed by atoms with Gasteiger partial charge in [0.05, 0.1) is 15.7 Å². The van der Waals surface area contributed by atoms with E-state index >= 15 is 0 Å². The molecule has 1 fully saturated rings. The van der Waals surface area contributed by atoms with Gasteiger partial charge in [-0.2, -0.15) is 0 Å². The Kier molecular flexibility index (Phi) is 6.28. The average Bonchev–Trinajstić information content (AvgIpc) is 2.64. The van der Waals surface area contributed by atoms with Gasteiger partial charge < -0.3 is 15.1 Å². The lowest BCUT2D eigenvalue weighted by atomic mass is 10.2. The summed E-state index contributed by atoms with van der Waals surface area (Å²) in [7, 11) is 0. The highest BCUT2D eigenvalue weighted by atomic mass is 35.5. The van der Waals surface area contributed by atoms with E-state index in [9.17, 15) is 4.79 Å². The van der Waals surface area contributed by atoms with Crippen molar-refractivity contribution in [2.45, 2.75) is 13.3 Å². The van der Waals surface area contributed by atoms with Crippen molar-refractivity contribution in [1.82, 2.24) is 4.90 Å². The normalized spacial score (nSPS) is 14.4. The van der Waals surface area contributed by atoms with E-state index in [0.717, 1.165) is 26.2 Å². The Bertz CT molecular complexity index is 753. The molecule has 1 aliphatic rings. The molecule has 0 spiro atoms. The number of hydrogen-bond donors (Lipinski definition) is 1. The number of aryl methyl sites for hydroxylation is 1. The third-order valence-electron chi connectivity index (χ3n) is 4.60. The number of para-hydroxylation sites is 1. The van der Waals surface area contributed by atoms with Gasteiger partial charge in [-0.15, -0.1) is 0 Å². The first-order valence-electron chi connectivity index (χ1n) is 8.82. The summed E-state index contributed by atoms with van der Waals surface area (Å²) < 4.78 is 0. The molecular weight excluding hydrogens is 369 g/mol. The number of amides is 1. The summed E-state index contributed by atoms with van der Waals surface area (Å²) in [4.78, 5) is 16.7. The van der Waals surface area contributed by atoms with Crippen molar-refractivity contribution < 1.29 is 4.79 Å². The highest BCUT2D eigenvalue weighted by molar-refractivity contribution is 6.39. The number of piperazine rings is 1. The van der Waals surface area contributed by atoms with Crippen LogP contribution in [0.25, 0.3) is 0 Å². The molecule has 0 radical (unpaired) electrons. The molecule has 0 unspecified atom stereocenters. The summed E-state index contributed by atoms with van der Waals surface area (Å²) in [6, 6.07) is 13.9. The van der Waals surface area contributed by atoms with E-state index in [-0.39, 0.29) is 5.91 Å². The second kappa shape index (κ2) is 8.65. The first-order chi connectivity index (χ1) is 12.5. The van der Waals surface area contributed by atoms with Crippen molar-refractivity contribution in [3.63, 3.8) is 0 Å². The molecule has 1 saturated heterocycles. The largest absolute Gasteiger partial charge is 0.382 e. The third-order valence-corrected chi connectivity index (χ3v) is 5.23. The van der Waals surface area contributed by atoms with E-state index < -0.39 is 0 Å². The standard InChI is InChI=1S/C20H23Cl2N3O/c1-15-4-2-5-16(14-15)24-10-12-25(13-11-24)19(26)8-9-23-20-17(21)6-3-7-18(20)22/h2-7,14,23H,8-13H2,1H3. The van der Waals surface area contributed by atoms with Crippen LogP contribution in [-0.4, -0.2) is 43.5 Å². The van der Waals surface area contributed by atoms with Gasteiger partial charge in [-0.3, -0.25) is 4.79 Å². The molecule has 0 aromatic heterocycles. The van der Waals surface area contributed by atoms with Gasteiger partial charge in [0.1, 0.15) is 0 Å². The second-order valence-corrected chi connectivity index (χ2v) is 7.29. The van der Waals surface area contributed by atoms with E-state index in [1.807, 2.05) is 4.90 Å². The number of nitrogens with one attached hydrogen (secondary N) is 1. The SMILES string of the molecule is Cc1cccc(N2CCN(C(=O)CCNc3c(Cl)cccc3Cl)CC2)c1. The van der Waals surface area contributed by atoms with Crippen LogP contribution in [0.3, 0.4) is 0 Å². The van der Waals surface area contributed by atoms with Crippen LogP contribution in [0.4, 0.5) is 11.4 Å². The Morgan fingerprint density at radius 2 is 1.69 bits per heavy atom. The van der Waals surface area contributed by atoms with Crippen LogP contribution in [0.15, 0.2) is 42.5 Å². The van der Waals surface area contributed by atoms with Crippen molar-refractivity contribution >= 4 is 40.5 Å². The molecule has 0 saturated carbocycles. The van der Waals surface area contributed by atoms with Crippen LogP contribution in [0, 0.1) is 6.92 Å². The van der Waals surface area contributed by atoms with Gasteiger partial charge >= 0.3 is 0 Å². The van der Waals surface area contributed by atoms with E-state index in [2.05, 4.69) is 41.4 Å². The molecule has 2 aromatic carbocycles. The zero-order chi connectivity index (χ0) is 18.5. The summed E-state index contributed by atoms with van der Waals surface area (Å²) in [6.45, 7) is 5.83. The fraction of sp³-hybridized carbons (Fsp3) is 0.350. The number of anilines is 2. The van der Waals surface area contributed by atoms with E-state index in [1.165, 1.54) is 11.3 Å². The number of halogens is 2. The molecule has 138 valence electrons. The fourth-order valence-corrected chi connectivity index (χ4v) is 3.69. The molecule has 0 aliphatic carbocycles. The summed E-state index contributed by atoms with van der Waals surface area (Å²) in [5, 5.41) is 4.30. The van der Waals surface area contributed by atoms with Crippen LogP contribution < -0.4 is 10.2 Å². The number of hydrogen-bond acceptors (Lipinski definition) is 3. The molecule has 1 heterocycles. The van der Waals surface area contributed by atoms with E-state index in [0.29, 0.717) is 28.7 Å². The van der Waals surface area contributed by atoms with Crippen LogP contribution in [0.2, 0.25) is 10.0 Å². The molecule has 6 heteroatoms. The quantitative estimate of drug-likeness (QED) is 0.817. The smallest absolute Gasteiger partial charge is 0.224 e. The lowest BCUT2D eigenvalue weighted by Crippen LogP contribution is -2.49. The Hall–Kier alpha value is -1.91. The predicted octanol–water partition coefficient (Wildman–Crippen LogP) is 4.45. The highest BCUT2D eigenvalue weighted by Gasteiger charge is 2.21. The first kappa shape index (κ1) is 18.9. The Balaban J connectivity index is 1.47. The zero-order valence-corrected chi connectivity index (χ0v) is 16.4. The number of nitrogens with zero attached hydrogens (tertiary/aromatic N) is 2. The van der Waals surface area contributed by atoms with Crippen molar-refractivity contribution in [3.05, 3.63) is 58.1 Å². The van der Waals surface area contributed by atoms with Gasteiger partial charge in [-0.1, -0.05) is 41.4 Å². The molecule has 1 N–H and O–H groups in total. The van der Waals surface area contributed by atoms with Crippen molar-refractivity contribution in [3.8, 4) is 0 Å². The maximum Gasteiger partial charge on any atom is 0.224 e. The molecule has 26 heavy (non-hydrogen) atoms. The van der Waals surface area contributed by atoms with E-state index in [4.69, 9.17) is 23.2 Å². The Labute approximate surface area is 164 Å². The molecule has 4 nitrogen and oxygen atoms in total. The number of rotatable bonds is 5. The van der Waals surface area contributed by atoms with Crippen LogP contribution in [0.5, 0.6) is 0 Å². The minimum absolute atomic E-state index is 0.157. The van der Waals surface area contributed by atoms with Gasteiger partial charge in [0.2, 0.25) is 5.91 Å². The predicted molar refractivity (Wildman–Crippen MR) is 110 cm³/mol. The lowest BCUT2D eigenvalue weighted by molar-refractivity contribution is -0.131. The van der Waals surface area contributed by atoms with Crippen LogP contribution in [0.1, 0.15) is 12.0 Å². The third kappa shape index (κ3) is 4.63. The number of benzene rings is 2. The topological polar surface area (TPSA) is 35.6 Å². The molecule has 0 atom stereocenters. The fourth-order valence-electron chi connectivity index (χ4n) is 3.16. The summed E-state index contributed by atoms with van der Waals surface area (Å²) in [5.41, 5.74) is 3.17. The van der Waals surface area contributed by atoms with Crippen molar-refractivity contribution in [2.75, 3.05) is 42.9 Å². The first-order valence-corrected chi connectivity index (χ1v) is 9.57. The minimum atomic E-state index is 0.157. The van der Waals surface area contributed by atoms with Gasteiger partial charge in [0, 0.05) is 44.8 Å². The monoisotopic (exact) mass is 391 g/mol. The second-order valence-electron chi connectivity index (χ2n) is 6.48. The van der Waals surface area contributed by atoms with Crippen molar-refractivity contribution in [1.29, 1.82) is 0 Å². The molecule has 1 aliphatic heterocycles. The molecular formula is C20H23Cl2N3O. The van der Waals surface area contributed by atoms with Gasteiger partial charge in [0.25, 0.3) is 0 Å². The van der Waals surface area contributed by atoms with Gasteiger partial charge in [0.15, 0.2) is 0 Å². The molecule has 0 bridgehead atoms. The Morgan fingerprint density at radius 3 is 2.35 bits per heavy atom. The Morgan fingerprint density at radius 1 is 1.04 bits per heavy atom. The molecule has 3 rings (SSSR count). The minimum Gasteiger partial charge on any atom is -0.382 e. The number of carbonyl (C=O) groups is 1. The lowest BCUT2D eigenvalue weighted by Gasteiger charge is -2.36. The highest BCUT2D eigenvalue weighted by Crippen LogP contribution is 2.29. The summed E-state index contributed by atoms with van der Waals surface area (Å²) in [6.07, 6.45) is 0.423. The van der Waals surface area contributed by atoms with Crippen LogP contribution >= 0.6 is 23.2 Å². The molecule has 2 aromatic rings. The van der Waals surface area contributed by atoms with Gasteiger partial charge in [-0.25, -0.2) is 0 Å². The maximum atomic E-state index is 12.5. The maximum absolute atomic E-state index is 12.5. The summed E-state index contributed by atoms with van der Waals surface area (Å²) in [5.74, 6) is 0.157. The average molecular weight is 392 g/mol. The van der Waals surface area contributed by atoms with Crippen LogP contribution in [-0.2, 0) is 4.79 Å².